The molecule has 10 heteroatoms. The molecule has 0 saturated carbocycles. The second kappa shape index (κ2) is 10.3. The Morgan fingerprint density at radius 2 is 1.73 bits per heavy atom. The number of carbonyl (C=O) groups is 2. The molecule has 0 radical (unpaired) electrons. The Balaban J connectivity index is 2.10. The highest BCUT2D eigenvalue weighted by Gasteiger charge is 2.31. The molecular weight excluding hydrogens is 442 g/mol. The predicted octanol–water partition coefficient (Wildman–Crippen LogP) is 5.10. The van der Waals surface area contributed by atoms with Crippen LogP contribution in [-0.4, -0.2) is 22.0 Å². The molecule has 0 saturated heterocycles. The zero-order valence-electron chi connectivity index (χ0n) is 18.0. The summed E-state index contributed by atoms with van der Waals surface area (Å²) in [6.45, 7) is 7.37. The molecule has 0 aliphatic heterocycles. The van der Waals surface area contributed by atoms with Gasteiger partial charge in [0.05, 0.1) is 24.1 Å². The van der Waals surface area contributed by atoms with Crippen LogP contribution < -0.4 is 11.2 Å². The fraction of sp³-hybridized carbons (Fsp3) is 0.217. The van der Waals surface area contributed by atoms with Gasteiger partial charge in [0.15, 0.2) is 0 Å². The average Bonchev–Trinajstić information content (AvgIpc) is 2.71. The number of hydrazine groups is 1. The first-order valence-electron chi connectivity index (χ1n) is 9.66. The molecule has 0 fully saturated rings. The van der Waals surface area contributed by atoms with E-state index in [2.05, 4.69) is 11.9 Å². The number of nitrogens with two attached hydrogens (primary N) is 1. The van der Waals surface area contributed by atoms with E-state index in [-0.39, 0.29) is 19.0 Å². The summed E-state index contributed by atoms with van der Waals surface area (Å²) < 4.78 is 51.9. The molecule has 0 unspecified atom stereocenters. The lowest BCUT2D eigenvalue weighted by Gasteiger charge is -2.23. The van der Waals surface area contributed by atoms with Crippen molar-refractivity contribution in [3.05, 3.63) is 88.4 Å². The quantitative estimate of drug-likeness (QED) is 0.218. The van der Waals surface area contributed by atoms with Crippen molar-refractivity contribution in [3.63, 3.8) is 0 Å². The van der Waals surface area contributed by atoms with Gasteiger partial charge in [0, 0.05) is 11.4 Å². The van der Waals surface area contributed by atoms with Crippen molar-refractivity contribution in [2.24, 2.45) is 5.84 Å². The number of amides is 1. The highest BCUT2D eigenvalue weighted by molar-refractivity contribution is 6.04. The summed E-state index contributed by atoms with van der Waals surface area (Å²) in [5.74, 6) is 2.88. The zero-order chi connectivity index (χ0) is 24.9. The molecule has 0 aliphatic carbocycles. The number of hydrogen-bond donors (Lipinski definition) is 3. The second-order valence-electron chi connectivity index (χ2n) is 7.39. The highest BCUT2D eigenvalue weighted by Crippen LogP contribution is 2.30. The van der Waals surface area contributed by atoms with E-state index in [0.717, 1.165) is 11.6 Å². The number of alkyl halides is 3. The minimum Gasteiger partial charge on any atom is -0.481 e. The molecular formula is C23H23F4N3O3. The van der Waals surface area contributed by atoms with Crippen LogP contribution in [0.3, 0.4) is 0 Å². The summed E-state index contributed by atoms with van der Waals surface area (Å²) in [7, 11) is 0. The molecule has 4 N–H and O–H groups in total. The third-order valence-corrected chi connectivity index (χ3v) is 4.82. The van der Waals surface area contributed by atoms with Crippen molar-refractivity contribution >= 4 is 17.6 Å². The number of allylic oxidation sites excluding steroid dienone is 2. The number of nitrogens with zero attached hydrogens (tertiary/aromatic N) is 1. The number of anilines is 1. The maximum absolute atomic E-state index is 14.0. The van der Waals surface area contributed by atoms with Crippen molar-refractivity contribution in [1.29, 1.82) is 0 Å². The third-order valence-electron chi connectivity index (χ3n) is 4.82. The lowest BCUT2D eigenvalue weighted by molar-refractivity contribution is -0.138. The molecule has 0 aromatic heterocycles. The van der Waals surface area contributed by atoms with E-state index >= 15 is 0 Å². The summed E-state index contributed by atoms with van der Waals surface area (Å²) in [6.07, 6.45) is -4.94. The van der Waals surface area contributed by atoms with E-state index in [1.807, 2.05) is 0 Å². The SMILES string of the molecule is C=C(C)/C(CC(=O)O)=C(/C)N(N)Cc1ccc(NC(=O)c2ccc(C(F)(F)F)cc2F)cc1. The first-order valence-corrected chi connectivity index (χ1v) is 9.66. The van der Waals surface area contributed by atoms with Crippen LogP contribution >= 0.6 is 0 Å². The van der Waals surface area contributed by atoms with E-state index in [1.54, 1.807) is 26.0 Å². The number of nitrogens with one attached hydrogen (secondary N) is 1. The molecule has 2 rings (SSSR count). The fourth-order valence-electron chi connectivity index (χ4n) is 2.99. The van der Waals surface area contributed by atoms with Gasteiger partial charge in [-0.2, -0.15) is 13.2 Å². The molecule has 0 bridgehead atoms. The zero-order valence-corrected chi connectivity index (χ0v) is 18.0. The van der Waals surface area contributed by atoms with Gasteiger partial charge in [0.1, 0.15) is 5.82 Å². The van der Waals surface area contributed by atoms with Crippen molar-refractivity contribution in [2.75, 3.05) is 5.32 Å². The maximum atomic E-state index is 14.0. The number of carboxylic acids is 1. The first-order chi connectivity index (χ1) is 15.3. The molecule has 2 aromatic rings. The fourth-order valence-corrected chi connectivity index (χ4v) is 2.99. The average molecular weight is 465 g/mol. The molecule has 2 aromatic carbocycles. The van der Waals surface area contributed by atoms with Gasteiger partial charge in [-0.05, 0) is 55.3 Å². The Labute approximate surface area is 188 Å². The molecule has 0 atom stereocenters. The Hall–Kier alpha value is -3.66. The summed E-state index contributed by atoms with van der Waals surface area (Å²) in [6, 6.07) is 8.02. The van der Waals surface area contributed by atoms with Crippen LogP contribution in [0.1, 0.15) is 41.8 Å². The van der Waals surface area contributed by atoms with E-state index in [1.165, 1.54) is 17.1 Å². The standard InChI is InChI=1S/C23H23F4N3O3/c1-13(2)19(11-21(31)32)14(3)30(28)12-15-4-7-17(8-5-15)29-22(33)18-9-6-16(10-20(18)24)23(25,26)27/h4-10H,1,11-12,28H2,2-3H3,(H,29,33)(H,31,32)/b19-14-. The number of rotatable bonds is 8. The Morgan fingerprint density at radius 3 is 2.21 bits per heavy atom. The van der Waals surface area contributed by atoms with Crippen molar-refractivity contribution < 1.29 is 32.3 Å². The largest absolute Gasteiger partial charge is 0.481 e. The van der Waals surface area contributed by atoms with Crippen LogP contribution in [0.4, 0.5) is 23.2 Å². The molecule has 176 valence electrons. The normalized spacial score (nSPS) is 12.1. The Kier molecular flexibility index (Phi) is 7.99. The smallest absolute Gasteiger partial charge is 0.416 e. The number of aliphatic carboxylic acids is 1. The van der Waals surface area contributed by atoms with Gasteiger partial charge in [-0.15, -0.1) is 0 Å². The van der Waals surface area contributed by atoms with Crippen LogP contribution in [0.25, 0.3) is 0 Å². The van der Waals surface area contributed by atoms with E-state index in [0.29, 0.717) is 28.6 Å². The number of carbonyl (C=O) groups excluding carboxylic acids is 1. The molecule has 0 heterocycles. The molecule has 0 aliphatic rings. The number of halogens is 4. The topological polar surface area (TPSA) is 95.7 Å². The van der Waals surface area contributed by atoms with Gasteiger partial charge >= 0.3 is 12.1 Å². The van der Waals surface area contributed by atoms with Crippen molar-refractivity contribution in [2.45, 2.75) is 33.0 Å². The van der Waals surface area contributed by atoms with Gasteiger partial charge in [0.25, 0.3) is 5.91 Å². The van der Waals surface area contributed by atoms with Crippen LogP contribution in [0, 0.1) is 5.82 Å². The monoisotopic (exact) mass is 465 g/mol. The van der Waals surface area contributed by atoms with Gasteiger partial charge in [0.2, 0.25) is 0 Å². The van der Waals surface area contributed by atoms with Gasteiger partial charge < -0.3 is 15.4 Å². The number of carboxylic acid groups (broad SMARTS) is 1. The van der Waals surface area contributed by atoms with Gasteiger partial charge in [-0.25, -0.2) is 10.2 Å². The van der Waals surface area contributed by atoms with E-state index in [9.17, 15) is 27.2 Å². The lowest BCUT2D eigenvalue weighted by Crippen LogP contribution is -2.30. The van der Waals surface area contributed by atoms with E-state index in [4.69, 9.17) is 10.9 Å². The Bertz CT molecular complexity index is 1090. The van der Waals surface area contributed by atoms with E-state index < -0.39 is 35.0 Å². The molecule has 1 amide bonds. The summed E-state index contributed by atoms with van der Waals surface area (Å²) in [5.41, 5.74) is 0.951. The Morgan fingerprint density at radius 1 is 1.12 bits per heavy atom. The molecule has 33 heavy (non-hydrogen) atoms. The summed E-state index contributed by atoms with van der Waals surface area (Å²) in [5, 5.41) is 12.9. The van der Waals surface area contributed by atoms with Crippen LogP contribution in [0.15, 0.2) is 65.9 Å². The number of hydrogen-bond acceptors (Lipinski definition) is 4. The second-order valence-corrected chi connectivity index (χ2v) is 7.39. The minimum absolute atomic E-state index is 0.222. The predicted molar refractivity (Wildman–Crippen MR) is 115 cm³/mol. The summed E-state index contributed by atoms with van der Waals surface area (Å²) >= 11 is 0. The van der Waals surface area contributed by atoms with Crippen LogP contribution in [0.2, 0.25) is 0 Å². The minimum atomic E-state index is -4.71. The number of benzene rings is 2. The third kappa shape index (κ3) is 6.91. The van der Waals surface area contributed by atoms with Crippen molar-refractivity contribution in [3.8, 4) is 0 Å². The molecule has 6 nitrogen and oxygen atoms in total. The van der Waals surface area contributed by atoms with Crippen LogP contribution in [-0.2, 0) is 17.5 Å². The summed E-state index contributed by atoms with van der Waals surface area (Å²) in [4.78, 5) is 23.3. The van der Waals surface area contributed by atoms with Crippen LogP contribution in [0.5, 0.6) is 0 Å². The van der Waals surface area contributed by atoms with Crippen molar-refractivity contribution in [1.82, 2.24) is 5.01 Å². The van der Waals surface area contributed by atoms with Gasteiger partial charge in [-0.1, -0.05) is 24.3 Å². The highest BCUT2D eigenvalue weighted by atomic mass is 19.4. The first kappa shape index (κ1) is 25.6. The lowest BCUT2D eigenvalue weighted by atomic mass is 10.0. The van der Waals surface area contributed by atoms with Gasteiger partial charge in [-0.3, -0.25) is 9.59 Å². The molecule has 0 spiro atoms. The maximum Gasteiger partial charge on any atom is 0.416 e.